The van der Waals surface area contributed by atoms with Crippen molar-refractivity contribution in [3.8, 4) is 0 Å². The van der Waals surface area contributed by atoms with Crippen LogP contribution in [0.25, 0.3) is 0 Å². The number of fused-ring (bicyclic) bond motifs is 2. The summed E-state index contributed by atoms with van der Waals surface area (Å²) < 4.78 is 12.3. The summed E-state index contributed by atoms with van der Waals surface area (Å²) in [6, 6.07) is 10.1. The Hall–Kier alpha value is -1.69. The van der Waals surface area contributed by atoms with Crippen molar-refractivity contribution in [3.05, 3.63) is 41.0 Å². The first-order chi connectivity index (χ1) is 18.8. The normalized spacial score (nSPS) is 34.0. The fourth-order valence-corrected chi connectivity index (χ4v) is 9.37. The highest BCUT2D eigenvalue weighted by Crippen LogP contribution is 2.62. The molecule has 5 heteroatoms. The van der Waals surface area contributed by atoms with Crippen LogP contribution in [0.15, 0.2) is 35.4 Å². The molecule has 4 unspecified atom stereocenters. The summed E-state index contributed by atoms with van der Waals surface area (Å²) in [5.74, 6) is 0.726. The molecule has 1 spiro atoms. The van der Waals surface area contributed by atoms with Gasteiger partial charge in [0.1, 0.15) is 6.29 Å². The van der Waals surface area contributed by atoms with Crippen molar-refractivity contribution in [2.45, 2.75) is 121 Å². The second-order valence-electron chi connectivity index (χ2n) is 14.0. The number of ether oxygens (including phenoxy) is 2. The molecule has 4 atom stereocenters. The van der Waals surface area contributed by atoms with Gasteiger partial charge in [-0.2, -0.15) is 0 Å². The van der Waals surface area contributed by atoms with E-state index in [1.165, 1.54) is 48.9 Å². The number of nitrogens with zero attached hydrogens (tertiary/aromatic N) is 1. The number of hydrogen-bond donors (Lipinski definition) is 0. The molecule has 0 aromatic heterocycles. The van der Waals surface area contributed by atoms with Gasteiger partial charge in [0, 0.05) is 49.5 Å². The number of allylic oxidation sites excluding steroid dienone is 1. The van der Waals surface area contributed by atoms with E-state index in [4.69, 9.17) is 9.47 Å². The van der Waals surface area contributed by atoms with Crippen LogP contribution in [0.2, 0.25) is 0 Å². The standard InChI is InChI=1S/C34H49NO4/c1-32(2)22-28(24-11-13-26(14-12-24)35(3)25-8-5-4-6-9-25)31-27(29(32)10-7-19-36)15-17-33(37)23-34(18-16-30(31)33)38-20-21-39-34/h11-14,19,25,27-29,37H,4-10,15-18,20-23H2,1-3H3/p+1. The zero-order valence-electron chi connectivity index (χ0n) is 24.5. The minimum atomic E-state index is -0.607. The van der Waals surface area contributed by atoms with Gasteiger partial charge < -0.3 is 24.3 Å². The maximum absolute atomic E-state index is 11.5. The summed E-state index contributed by atoms with van der Waals surface area (Å²) in [6.07, 6.45) is 14.8. The van der Waals surface area contributed by atoms with Crippen LogP contribution in [0, 0.1) is 17.3 Å². The van der Waals surface area contributed by atoms with Crippen LogP contribution < -0.4 is 4.90 Å². The highest BCUT2D eigenvalue weighted by Gasteiger charge is 2.59. The van der Waals surface area contributed by atoms with Crippen molar-refractivity contribution in [2.75, 3.05) is 25.2 Å². The van der Waals surface area contributed by atoms with E-state index >= 15 is 0 Å². The van der Waals surface area contributed by atoms with E-state index in [0.717, 1.165) is 44.8 Å². The molecular weight excluding hydrogens is 486 g/mol. The Morgan fingerprint density at radius 2 is 1.74 bits per heavy atom. The van der Waals surface area contributed by atoms with Crippen molar-refractivity contribution < 1.29 is 19.4 Å². The van der Waals surface area contributed by atoms with Gasteiger partial charge in [0.25, 0.3) is 0 Å². The van der Waals surface area contributed by atoms with E-state index in [0.29, 0.717) is 49.9 Å². The van der Waals surface area contributed by atoms with Gasteiger partial charge in [0.15, 0.2) is 11.4 Å². The van der Waals surface area contributed by atoms with Crippen LogP contribution in [-0.2, 0) is 14.3 Å². The van der Waals surface area contributed by atoms with Gasteiger partial charge in [-0.15, -0.1) is 0 Å². The number of rotatable bonds is 6. The fraction of sp³-hybridized carbons (Fsp3) is 0.735. The molecule has 0 radical (unpaired) electrons. The molecule has 0 bridgehead atoms. The van der Waals surface area contributed by atoms with Gasteiger partial charge in [-0.25, -0.2) is 0 Å². The number of anilines is 1. The van der Waals surface area contributed by atoms with Gasteiger partial charge in [0.05, 0.1) is 19.6 Å². The SMILES string of the molecule is CN(c1ccc(C2CC(C)(C)C(CCC=O)C3CCC4([OH2+])CC5(CCC4=C23)OCCO5)cc1)C1CCCCC1. The third kappa shape index (κ3) is 5.02. The molecule has 1 saturated heterocycles. The topological polar surface area (TPSA) is 61.7 Å². The minimum Gasteiger partial charge on any atom is -0.438 e. The summed E-state index contributed by atoms with van der Waals surface area (Å²) in [5.41, 5.74) is 5.20. The lowest BCUT2D eigenvalue weighted by Gasteiger charge is -2.55. The van der Waals surface area contributed by atoms with Crippen molar-refractivity contribution in [1.29, 1.82) is 0 Å². The lowest BCUT2D eigenvalue weighted by molar-refractivity contribution is -0.208. The van der Waals surface area contributed by atoms with Gasteiger partial charge in [-0.05, 0) is 73.5 Å². The van der Waals surface area contributed by atoms with E-state index < -0.39 is 11.4 Å². The maximum atomic E-state index is 11.5. The molecule has 1 aromatic rings. The summed E-state index contributed by atoms with van der Waals surface area (Å²) in [4.78, 5) is 14.0. The molecule has 5 aliphatic rings. The van der Waals surface area contributed by atoms with Crippen molar-refractivity contribution in [2.24, 2.45) is 17.3 Å². The second-order valence-corrected chi connectivity index (χ2v) is 14.0. The van der Waals surface area contributed by atoms with Crippen LogP contribution in [0.5, 0.6) is 0 Å². The molecule has 3 saturated carbocycles. The molecule has 1 aliphatic heterocycles. The quantitative estimate of drug-likeness (QED) is 0.232. The number of hydrogen-bond acceptors (Lipinski definition) is 4. The molecule has 2 N–H and O–H groups in total. The van der Waals surface area contributed by atoms with E-state index in [1.807, 2.05) is 0 Å². The molecule has 6 rings (SSSR count). The van der Waals surface area contributed by atoms with Crippen molar-refractivity contribution in [1.82, 2.24) is 0 Å². The van der Waals surface area contributed by atoms with E-state index in [2.05, 4.69) is 50.1 Å². The number of benzene rings is 1. The Morgan fingerprint density at radius 3 is 2.44 bits per heavy atom. The Morgan fingerprint density at radius 1 is 1.03 bits per heavy atom. The molecule has 0 amide bonds. The smallest absolute Gasteiger partial charge is 0.191 e. The van der Waals surface area contributed by atoms with E-state index in [9.17, 15) is 9.90 Å². The summed E-state index contributed by atoms with van der Waals surface area (Å²) in [6.45, 7) is 6.16. The highest BCUT2D eigenvalue weighted by molar-refractivity contribution is 5.51. The predicted molar refractivity (Wildman–Crippen MR) is 156 cm³/mol. The second kappa shape index (κ2) is 10.6. The van der Waals surface area contributed by atoms with Crippen LogP contribution in [0.4, 0.5) is 5.69 Å². The van der Waals surface area contributed by atoms with Crippen LogP contribution in [0.3, 0.4) is 0 Å². The number of aldehydes is 1. The van der Waals surface area contributed by atoms with Crippen molar-refractivity contribution >= 4 is 12.0 Å². The number of carbonyl (C=O) groups excluding carboxylic acids is 1. The van der Waals surface area contributed by atoms with Gasteiger partial charge >= 0.3 is 0 Å². The zero-order valence-corrected chi connectivity index (χ0v) is 24.5. The first-order valence-corrected chi connectivity index (χ1v) is 15.8. The molecule has 1 heterocycles. The van der Waals surface area contributed by atoms with Gasteiger partial charge in [0.2, 0.25) is 0 Å². The Kier molecular flexibility index (Phi) is 7.48. The van der Waals surface area contributed by atoms with Crippen LogP contribution >= 0.6 is 0 Å². The third-order valence-electron chi connectivity index (χ3n) is 11.4. The fourth-order valence-electron chi connectivity index (χ4n) is 9.37. The molecular formula is C34H50NO4+. The average molecular weight is 537 g/mol. The summed E-state index contributed by atoms with van der Waals surface area (Å²) in [7, 11) is 2.27. The molecule has 5 nitrogen and oxygen atoms in total. The predicted octanol–water partition coefficient (Wildman–Crippen LogP) is 6.66. The van der Waals surface area contributed by atoms with E-state index in [1.54, 1.807) is 5.57 Å². The lowest BCUT2D eigenvalue weighted by Crippen LogP contribution is -2.53. The Bertz CT molecular complexity index is 1070. The van der Waals surface area contributed by atoms with E-state index in [-0.39, 0.29) is 5.41 Å². The minimum absolute atomic E-state index is 0.148. The third-order valence-corrected chi connectivity index (χ3v) is 11.4. The first-order valence-electron chi connectivity index (χ1n) is 15.8. The van der Waals surface area contributed by atoms with Gasteiger partial charge in [-0.3, -0.25) is 0 Å². The van der Waals surface area contributed by atoms with Gasteiger partial charge in [-0.1, -0.05) is 50.8 Å². The molecule has 4 fully saturated rings. The first kappa shape index (κ1) is 27.5. The maximum Gasteiger partial charge on any atom is 0.191 e. The molecule has 214 valence electrons. The lowest BCUT2D eigenvalue weighted by atomic mass is 9.50. The molecule has 4 aliphatic carbocycles. The highest BCUT2D eigenvalue weighted by atomic mass is 16.7. The number of carbonyl (C=O) groups is 1. The Labute approximate surface area is 235 Å². The largest absolute Gasteiger partial charge is 0.438 e. The molecule has 1 aromatic carbocycles. The monoisotopic (exact) mass is 536 g/mol. The van der Waals surface area contributed by atoms with Crippen LogP contribution in [-0.4, -0.2) is 49.1 Å². The zero-order chi connectivity index (χ0) is 27.3. The average Bonchev–Trinajstić information content (AvgIpc) is 3.38. The summed E-state index contributed by atoms with van der Waals surface area (Å²) >= 11 is 0. The van der Waals surface area contributed by atoms with Crippen molar-refractivity contribution in [3.63, 3.8) is 0 Å². The Balaban J connectivity index is 1.36. The summed E-state index contributed by atoms with van der Waals surface area (Å²) in [5, 5.41) is 9.77. The molecule has 39 heavy (non-hydrogen) atoms. The van der Waals surface area contributed by atoms with Crippen LogP contribution in [0.1, 0.15) is 109 Å².